The summed E-state index contributed by atoms with van der Waals surface area (Å²) in [7, 11) is 0. The third kappa shape index (κ3) is 2.48. The summed E-state index contributed by atoms with van der Waals surface area (Å²) < 4.78 is 6.80. The molecule has 0 radical (unpaired) electrons. The molecule has 1 aromatic heterocycles. The Morgan fingerprint density at radius 2 is 2.44 bits per heavy atom. The molecule has 3 N–H and O–H groups in total. The molecule has 0 saturated heterocycles. The number of thiophene rings is 1. The minimum atomic E-state index is -0.0182. The molecule has 3 nitrogen and oxygen atoms in total. The lowest BCUT2D eigenvalue weighted by atomic mass is 10.1. The van der Waals surface area contributed by atoms with E-state index in [0.717, 1.165) is 29.0 Å². The summed E-state index contributed by atoms with van der Waals surface area (Å²) in [5.41, 5.74) is 4.06. The Morgan fingerprint density at radius 3 is 2.94 bits per heavy atom. The van der Waals surface area contributed by atoms with Crippen molar-refractivity contribution in [3.05, 3.63) is 32.1 Å². The predicted octanol–water partition coefficient (Wildman–Crippen LogP) is 3.02. The highest BCUT2D eigenvalue weighted by atomic mass is 79.9. The molecule has 2 heterocycles. The van der Waals surface area contributed by atoms with Crippen molar-refractivity contribution in [3.8, 4) is 0 Å². The van der Waals surface area contributed by atoms with Crippen LogP contribution in [-0.2, 0) is 4.74 Å². The number of hydrazine groups is 1. The Hall–Kier alpha value is -0.360. The number of allylic oxidation sites excluding steroid dienone is 1. The zero-order chi connectivity index (χ0) is 11.5. The highest BCUT2D eigenvalue weighted by Gasteiger charge is 2.21. The van der Waals surface area contributed by atoms with Crippen LogP contribution in [0.3, 0.4) is 0 Å². The van der Waals surface area contributed by atoms with Gasteiger partial charge in [0, 0.05) is 4.88 Å². The van der Waals surface area contributed by atoms with Gasteiger partial charge in [0.15, 0.2) is 0 Å². The second-order valence-electron chi connectivity index (χ2n) is 3.80. The zero-order valence-corrected chi connectivity index (χ0v) is 11.5. The SMILES string of the molecule is Cc1cc(C(NN)C2=CCCCO2)sc1Br. The van der Waals surface area contributed by atoms with Crippen LogP contribution < -0.4 is 11.3 Å². The smallest absolute Gasteiger partial charge is 0.116 e. The third-order valence-corrected chi connectivity index (χ3v) is 4.78. The molecule has 0 fully saturated rings. The molecule has 0 bridgehead atoms. The van der Waals surface area contributed by atoms with Gasteiger partial charge in [-0.1, -0.05) is 0 Å². The number of hydrogen-bond donors (Lipinski definition) is 2. The Bertz CT molecular complexity index is 383. The highest BCUT2D eigenvalue weighted by molar-refractivity contribution is 9.11. The van der Waals surface area contributed by atoms with Crippen LogP contribution in [0.2, 0.25) is 0 Å². The maximum Gasteiger partial charge on any atom is 0.116 e. The molecule has 1 aliphatic heterocycles. The summed E-state index contributed by atoms with van der Waals surface area (Å²) in [6, 6.07) is 2.12. The van der Waals surface area contributed by atoms with Crippen molar-refractivity contribution in [2.75, 3.05) is 6.61 Å². The van der Waals surface area contributed by atoms with Gasteiger partial charge in [-0.3, -0.25) is 5.84 Å². The molecule has 16 heavy (non-hydrogen) atoms. The minimum absolute atomic E-state index is 0.0182. The van der Waals surface area contributed by atoms with Crippen molar-refractivity contribution in [2.24, 2.45) is 5.84 Å². The van der Waals surface area contributed by atoms with Crippen molar-refractivity contribution < 1.29 is 4.74 Å². The van der Waals surface area contributed by atoms with E-state index in [0.29, 0.717) is 0 Å². The van der Waals surface area contributed by atoms with Gasteiger partial charge in [-0.25, -0.2) is 5.43 Å². The van der Waals surface area contributed by atoms with E-state index < -0.39 is 0 Å². The summed E-state index contributed by atoms with van der Waals surface area (Å²) in [5, 5.41) is 0. The summed E-state index contributed by atoms with van der Waals surface area (Å²) in [6.45, 7) is 2.86. The molecule has 88 valence electrons. The fourth-order valence-electron chi connectivity index (χ4n) is 1.71. The molecule has 1 unspecified atom stereocenters. The lowest BCUT2D eigenvalue weighted by Crippen LogP contribution is -2.30. The monoisotopic (exact) mass is 302 g/mol. The lowest BCUT2D eigenvalue weighted by molar-refractivity contribution is 0.168. The van der Waals surface area contributed by atoms with E-state index >= 15 is 0 Å². The second-order valence-corrected chi connectivity index (χ2v) is 6.20. The molecule has 0 aliphatic carbocycles. The fourth-order valence-corrected chi connectivity index (χ4v) is 3.35. The summed E-state index contributed by atoms with van der Waals surface area (Å²) >= 11 is 5.22. The van der Waals surface area contributed by atoms with E-state index in [4.69, 9.17) is 10.6 Å². The van der Waals surface area contributed by atoms with Crippen LogP contribution in [0.5, 0.6) is 0 Å². The van der Waals surface area contributed by atoms with E-state index in [9.17, 15) is 0 Å². The number of ether oxygens (including phenoxy) is 1. The van der Waals surface area contributed by atoms with E-state index in [2.05, 4.69) is 40.4 Å². The van der Waals surface area contributed by atoms with Crippen molar-refractivity contribution >= 4 is 27.3 Å². The molecule has 1 atom stereocenters. The number of nitrogens with two attached hydrogens (primary N) is 1. The topological polar surface area (TPSA) is 47.3 Å². The van der Waals surface area contributed by atoms with E-state index in [-0.39, 0.29) is 6.04 Å². The molecule has 0 saturated carbocycles. The quantitative estimate of drug-likeness (QED) is 0.666. The van der Waals surface area contributed by atoms with Gasteiger partial charge >= 0.3 is 0 Å². The van der Waals surface area contributed by atoms with Crippen molar-refractivity contribution in [3.63, 3.8) is 0 Å². The van der Waals surface area contributed by atoms with Crippen LogP contribution in [0.1, 0.15) is 29.3 Å². The van der Waals surface area contributed by atoms with Crippen LogP contribution in [0.15, 0.2) is 21.7 Å². The van der Waals surface area contributed by atoms with E-state index in [1.165, 1.54) is 10.4 Å². The zero-order valence-electron chi connectivity index (χ0n) is 9.13. The van der Waals surface area contributed by atoms with Crippen molar-refractivity contribution in [1.82, 2.24) is 5.43 Å². The maximum absolute atomic E-state index is 5.64. The molecule has 0 amide bonds. The van der Waals surface area contributed by atoms with Crippen LogP contribution >= 0.6 is 27.3 Å². The molecule has 5 heteroatoms. The van der Waals surface area contributed by atoms with Gasteiger partial charge < -0.3 is 4.74 Å². The first-order valence-corrected chi connectivity index (χ1v) is 6.88. The normalized spacial score (nSPS) is 17.8. The molecular formula is C11H15BrN2OS. The minimum Gasteiger partial charge on any atom is -0.496 e. The number of hydrogen-bond acceptors (Lipinski definition) is 4. The van der Waals surface area contributed by atoms with Crippen molar-refractivity contribution in [1.29, 1.82) is 0 Å². The Morgan fingerprint density at radius 1 is 1.62 bits per heavy atom. The standard InChI is InChI=1S/C11H15BrN2OS/c1-7-6-9(16-11(7)12)10(14-13)8-4-2-3-5-15-8/h4,6,10,14H,2-3,5,13H2,1H3. The summed E-state index contributed by atoms with van der Waals surface area (Å²) in [4.78, 5) is 1.18. The molecule has 1 aliphatic rings. The first kappa shape index (κ1) is 12.1. The van der Waals surface area contributed by atoms with Gasteiger partial charge in [0.1, 0.15) is 11.8 Å². The average molecular weight is 303 g/mol. The summed E-state index contributed by atoms with van der Waals surface area (Å²) in [6.07, 6.45) is 4.28. The van der Waals surface area contributed by atoms with Gasteiger partial charge in [-0.15, -0.1) is 11.3 Å². The highest BCUT2D eigenvalue weighted by Crippen LogP contribution is 2.35. The molecular weight excluding hydrogens is 288 g/mol. The Balaban J connectivity index is 2.24. The molecule has 1 aromatic rings. The molecule has 2 rings (SSSR count). The summed E-state index contributed by atoms with van der Waals surface area (Å²) in [5.74, 6) is 6.56. The second kappa shape index (κ2) is 5.31. The predicted molar refractivity (Wildman–Crippen MR) is 70.1 cm³/mol. The van der Waals surface area contributed by atoms with Crippen LogP contribution in [0.4, 0.5) is 0 Å². The van der Waals surface area contributed by atoms with Crippen LogP contribution in [-0.4, -0.2) is 6.61 Å². The Labute approximate surface area is 108 Å². The number of aryl methyl sites for hydroxylation is 1. The van der Waals surface area contributed by atoms with Crippen LogP contribution in [0, 0.1) is 6.92 Å². The van der Waals surface area contributed by atoms with Gasteiger partial charge in [-0.05, 0) is 53.4 Å². The van der Waals surface area contributed by atoms with Gasteiger partial charge in [0.2, 0.25) is 0 Å². The van der Waals surface area contributed by atoms with E-state index in [1.807, 2.05) is 0 Å². The largest absolute Gasteiger partial charge is 0.496 e. The number of rotatable bonds is 3. The van der Waals surface area contributed by atoms with E-state index in [1.54, 1.807) is 11.3 Å². The molecule has 0 aromatic carbocycles. The third-order valence-electron chi connectivity index (χ3n) is 2.57. The first-order valence-electron chi connectivity index (χ1n) is 5.27. The number of halogens is 1. The van der Waals surface area contributed by atoms with Gasteiger partial charge in [0.05, 0.1) is 10.4 Å². The van der Waals surface area contributed by atoms with Crippen molar-refractivity contribution in [2.45, 2.75) is 25.8 Å². The average Bonchev–Trinajstić information content (AvgIpc) is 2.61. The lowest BCUT2D eigenvalue weighted by Gasteiger charge is -2.22. The Kier molecular flexibility index (Phi) is 4.02. The van der Waals surface area contributed by atoms with Crippen LogP contribution in [0.25, 0.3) is 0 Å². The maximum atomic E-state index is 5.64. The number of nitrogens with one attached hydrogen (secondary N) is 1. The molecule has 0 spiro atoms. The fraction of sp³-hybridized carbons (Fsp3) is 0.455. The van der Waals surface area contributed by atoms with Gasteiger partial charge in [0.25, 0.3) is 0 Å². The van der Waals surface area contributed by atoms with Gasteiger partial charge in [-0.2, -0.15) is 0 Å². The first-order chi connectivity index (χ1) is 7.72.